The molecule has 0 saturated heterocycles. The highest BCUT2D eigenvalue weighted by molar-refractivity contribution is 8.02. The number of para-hydroxylation sites is 1. The van der Waals surface area contributed by atoms with Gasteiger partial charge in [-0.1, -0.05) is 52.9 Å². The highest BCUT2D eigenvalue weighted by atomic mass is 32.2. The fraction of sp³-hybridized carbons (Fsp3) is 0.421. The summed E-state index contributed by atoms with van der Waals surface area (Å²) in [7, 11) is 0. The number of aromatic nitrogens is 2. The van der Waals surface area contributed by atoms with E-state index >= 15 is 0 Å². The first kappa shape index (κ1) is 18.9. The van der Waals surface area contributed by atoms with Crippen LogP contribution in [0.1, 0.15) is 39.0 Å². The van der Waals surface area contributed by atoms with E-state index in [4.69, 9.17) is 0 Å². The van der Waals surface area contributed by atoms with Crippen LogP contribution in [-0.2, 0) is 4.79 Å². The number of rotatable bonds is 8. The van der Waals surface area contributed by atoms with Crippen LogP contribution in [0.5, 0.6) is 0 Å². The molecule has 7 heteroatoms. The number of thioether (sulfide) groups is 1. The second-order valence-corrected chi connectivity index (χ2v) is 8.84. The van der Waals surface area contributed by atoms with Crippen LogP contribution in [0, 0.1) is 0 Å². The van der Waals surface area contributed by atoms with Crippen molar-refractivity contribution >= 4 is 39.8 Å². The molecule has 1 aromatic carbocycles. The fourth-order valence-electron chi connectivity index (χ4n) is 2.78. The summed E-state index contributed by atoms with van der Waals surface area (Å²) >= 11 is 2.91. The van der Waals surface area contributed by atoms with Crippen molar-refractivity contribution < 1.29 is 4.79 Å². The Morgan fingerprint density at radius 1 is 1.27 bits per heavy atom. The number of carbonyl (C=O) groups is 1. The van der Waals surface area contributed by atoms with Crippen molar-refractivity contribution in [1.82, 2.24) is 15.5 Å². The molecule has 1 atom stereocenters. The molecule has 0 saturated carbocycles. The van der Waals surface area contributed by atoms with E-state index in [1.807, 2.05) is 37.3 Å². The van der Waals surface area contributed by atoms with Crippen molar-refractivity contribution in [2.75, 3.05) is 11.9 Å². The molecule has 0 spiro atoms. The number of benzene rings is 1. The molecular weight excluding hydrogens is 364 g/mol. The van der Waals surface area contributed by atoms with Gasteiger partial charge < -0.3 is 10.6 Å². The molecule has 0 radical (unpaired) electrons. The number of carbonyl (C=O) groups excluding carboxylic acids is 1. The number of hydrogen-bond donors (Lipinski definition) is 2. The lowest BCUT2D eigenvalue weighted by Gasteiger charge is -2.14. The predicted molar refractivity (Wildman–Crippen MR) is 109 cm³/mol. The highest BCUT2D eigenvalue weighted by Crippen LogP contribution is 2.30. The van der Waals surface area contributed by atoms with Gasteiger partial charge in [-0.2, -0.15) is 0 Å². The van der Waals surface area contributed by atoms with Gasteiger partial charge in [0.05, 0.1) is 5.25 Å². The second-order valence-electron chi connectivity index (χ2n) is 6.27. The van der Waals surface area contributed by atoms with Crippen molar-refractivity contribution in [1.29, 1.82) is 0 Å². The van der Waals surface area contributed by atoms with E-state index in [0.717, 1.165) is 21.6 Å². The average molecular weight is 389 g/mol. The molecule has 138 valence electrons. The van der Waals surface area contributed by atoms with Crippen molar-refractivity contribution in [3.8, 4) is 0 Å². The molecule has 3 rings (SSSR count). The van der Waals surface area contributed by atoms with Crippen molar-refractivity contribution in [2.24, 2.45) is 0 Å². The van der Waals surface area contributed by atoms with Crippen molar-refractivity contribution in [3.63, 3.8) is 0 Å². The maximum atomic E-state index is 12.3. The van der Waals surface area contributed by atoms with E-state index in [9.17, 15) is 4.79 Å². The Bertz CT molecular complexity index is 745. The van der Waals surface area contributed by atoms with Crippen LogP contribution in [0.15, 0.2) is 46.3 Å². The Morgan fingerprint density at radius 3 is 2.88 bits per heavy atom. The van der Waals surface area contributed by atoms with Gasteiger partial charge in [-0.25, -0.2) is 0 Å². The molecular formula is C19H24N4OS2. The standard InChI is InChI=1S/C19H24N4OS2/c1-14(17(24)20-13-12-15-8-4-2-5-9-15)25-19-23-22-18(26-19)21-16-10-6-3-7-11-16/h3,6-8,10-11,14H,2,4-5,9,12-13H2,1H3,(H,20,24)(H,21,22). The molecule has 5 nitrogen and oxygen atoms in total. The summed E-state index contributed by atoms with van der Waals surface area (Å²) in [5, 5.41) is 15.1. The summed E-state index contributed by atoms with van der Waals surface area (Å²) < 4.78 is 0.793. The number of nitrogens with one attached hydrogen (secondary N) is 2. The Morgan fingerprint density at radius 2 is 2.12 bits per heavy atom. The molecule has 0 bridgehead atoms. The van der Waals surface area contributed by atoms with E-state index in [-0.39, 0.29) is 11.2 Å². The number of nitrogens with zero attached hydrogens (tertiary/aromatic N) is 2. The lowest BCUT2D eigenvalue weighted by Crippen LogP contribution is -2.31. The zero-order valence-corrected chi connectivity index (χ0v) is 16.5. The first-order valence-corrected chi connectivity index (χ1v) is 10.7. The van der Waals surface area contributed by atoms with Gasteiger partial charge in [0, 0.05) is 12.2 Å². The Balaban J connectivity index is 1.43. The quantitative estimate of drug-likeness (QED) is 0.504. The van der Waals surface area contributed by atoms with E-state index in [0.29, 0.717) is 6.54 Å². The van der Waals surface area contributed by atoms with Crippen LogP contribution in [0.2, 0.25) is 0 Å². The summed E-state index contributed by atoms with van der Waals surface area (Å²) in [5.74, 6) is 0.0548. The average Bonchev–Trinajstić information content (AvgIpc) is 3.10. The fourth-order valence-corrected chi connectivity index (χ4v) is 4.72. The minimum absolute atomic E-state index is 0.0548. The number of anilines is 2. The second kappa shape index (κ2) is 9.73. The molecule has 0 aliphatic heterocycles. The highest BCUT2D eigenvalue weighted by Gasteiger charge is 2.17. The lowest BCUT2D eigenvalue weighted by molar-refractivity contribution is -0.120. The SMILES string of the molecule is CC(Sc1nnc(Nc2ccccc2)s1)C(=O)NCCC1=CCCCC1. The van der Waals surface area contributed by atoms with Gasteiger partial charge in [-0.3, -0.25) is 4.79 Å². The maximum absolute atomic E-state index is 12.3. The molecule has 1 heterocycles. The summed E-state index contributed by atoms with van der Waals surface area (Å²) in [5.41, 5.74) is 2.46. The van der Waals surface area contributed by atoms with E-state index in [1.165, 1.54) is 54.4 Å². The monoisotopic (exact) mass is 388 g/mol. The molecule has 1 aliphatic carbocycles. The third-order valence-electron chi connectivity index (χ3n) is 4.21. The van der Waals surface area contributed by atoms with Gasteiger partial charge in [0.1, 0.15) is 0 Å². The minimum atomic E-state index is -0.187. The summed E-state index contributed by atoms with van der Waals surface area (Å²) in [6.45, 7) is 2.62. The minimum Gasteiger partial charge on any atom is -0.355 e. The lowest BCUT2D eigenvalue weighted by atomic mass is 9.97. The maximum Gasteiger partial charge on any atom is 0.233 e. The third-order valence-corrected chi connectivity index (χ3v) is 6.23. The van der Waals surface area contributed by atoms with Crippen molar-refractivity contribution in [3.05, 3.63) is 42.0 Å². The van der Waals surface area contributed by atoms with Gasteiger partial charge in [-0.15, -0.1) is 10.2 Å². The van der Waals surface area contributed by atoms with E-state index in [1.54, 1.807) is 0 Å². The molecule has 1 aliphatic rings. The van der Waals surface area contributed by atoms with E-state index < -0.39 is 0 Å². The molecule has 1 unspecified atom stereocenters. The van der Waals surface area contributed by atoms with Crippen LogP contribution in [0.25, 0.3) is 0 Å². The predicted octanol–water partition coefficient (Wildman–Crippen LogP) is 4.77. The molecule has 0 fully saturated rings. The van der Waals surface area contributed by atoms with Crippen molar-refractivity contribution in [2.45, 2.75) is 48.6 Å². The Hall–Kier alpha value is -1.86. The zero-order chi connectivity index (χ0) is 18.2. The smallest absolute Gasteiger partial charge is 0.233 e. The topological polar surface area (TPSA) is 66.9 Å². The van der Waals surface area contributed by atoms with Gasteiger partial charge in [-0.05, 0) is 51.2 Å². The van der Waals surface area contributed by atoms with Crippen LogP contribution >= 0.6 is 23.1 Å². The summed E-state index contributed by atoms with van der Waals surface area (Å²) in [6.07, 6.45) is 8.24. The van der Waals surface area contributed by atoms with Crippen LogP contribution in [0.4, 0.5) is 10.8 Å². The van der Waals surface area contributed by atoms with Crippen LogP contribution < -0.4 is 10.6 Å². The van der Waals surface area contributed by atoms with Gasteiger partial charge >= 0.3 is 0 Å². The normalized spacial score (nSPS) is 15.2. The van der Waals surface area contributed by atoms with E-state index in [2.05, 4.69) is 26.9 Å². The molecule has 2 N–H and O–H groups in total. The van der Waals surface area contributed by atoms with Gasteiger partial charge in [0.25, 0.3) is 0 Å². The zero-order valence-electron chi connectivity index (χ0n) is 14.9. The first-order valence-electron chi connectivity index (χ1n) is 8.98. The third kappa shape index (κ3) is 5.85. The van der Waals surface area contributed by atoms with Gasteiger partial charge in [0.2, 0.25) is 11.0 Å². The number of hydrogen-bond acceptors (Lipinski definition) is 6. The largest absolute Gasteiger partial charge is 0.355 e. The summed E-state index contributed by atoms with van der Waals surface area (Å²) in [4.78, 5) is 12.3. The molecule has 1 amide bonds. The molecule has 2 aromatic rings. The summed E-state index contributed by atoms with van der Waals surface area (Å²) in [6, 6.07) is 9.86. The Kier molecular flexibility index (Phi) is 7.08. The molecule has 1 aromatic heterocycles. The molecule has 26 heavy (non-hydrogen) atoms. The first-order chi connectivity index (χ1) is 12.7. The number of amides is 1. The van der Waals surface area contributed by atoms with Gasteiger partial charge in [0.15, 0.2) is 4.34 Å². The Labute approximate surface area is 162 Å². The number of allylic oxidation sites excluding steroid dienone is 1. The van der Waals surface area contributed by atoms with Crippen LogP contribution in [0.3, 0.4) is 0 Å². The van der Waals surface area contributed by atoms with Crippen LogP contribution in [-0.4, -0.2) is 27.9 Å².